The number of esters is 1. The molecule has 1 atom stereocenters. The van der Waals surface area contributed by atoms with Gasteiger partial charge >= 0.3 is 12.1 Å². The van der Waals surface area contributed by atoms with E-state index in [9.17, 15) is 9.59 Å². The van der Waals surface area contributed by atoms with Gasteiger partial charge in [-0.2, -0.15) is 0 Å². The van der Waals surface area contributed by atoms with E-state index in [-0.39, 0.29) is 18.8 Å². The molecule has 0 saturated carbocycles. The van der Waals surface area contributed by atoms with Crippen molar-refractivity contribution in [3.05, 3.63) is 0 Å². The van der Waals surface area contributed by atoms with Gasteiger partial charge in [0, 0.05) is 6.54 Å². The Balaban J connectivity index is 2.32. The predicted molar refractivity (Wildman–Crippen MR) is 64.2 cm³/mol. The summed E-state index contributed by atoms with van der Waals surface area (Å²) in [6.45, 7) is 6.43. The molecule has 1 amide bonds. The van der Waals surface area contributed by atoms with Crippen molar-refractivity contribution >= 4 is 12.1 Å². The highest BCUT2D eigenvalue weighted by molar-refractivity contribution is 5.70. The molecule has 1 rings (SSSR count). The number of hydrogen-bond donors (Lipinski definition) is 0. The number of carbonyl (C=O) groups is 2. The summed E-state index contributed by atoms with van der Waals surface area (Å²) in [5, 5.41) is 0. The Hall–Kier alpha value is -1.30. The topological polar surface area (TPSA) is 65.1 Å². The Labute approximate surface area is 107 Å². The largest absolute Gasteiger partial charge is 0.467 e. The third-order valence-corrected chi connectivity index (χ3v) is 2.46. The van der Waals surface area contributed by atoms with E-state index in [0.717, 1.165) is 0 Å². The molecular weight excluding hydrogens is 238 g/mol. The summed E-state index contributed by atoms with van der Waals surface area (Å²) < 4.78 is 15.1. The van der Waals surface area contributed by atoms with Gasteiger partial charge in [-0.1, -0.05) is 0 Å². The molecular formula is C12H21NO5. The number of amides is 1. The van der Waals surface area contributed by atoms with Crippen molar-refractivity contribution < 1.29 is 23.8 Å². The quantitative estimate of drug-likeness (QED) is 0.712. The standard InChI is InChI=1S/C12H21NO5/c1-12(2,3)18-11(15)13-6-5-9(7-13)17-8-10(14)16-4/h9H,5-8H2,1-4H3/t9-/m0/s1. The number of nitrogens with zero attached hydrogens (tertiary/aromatic N) is 1. The van der Waals surface area contributed by atoms with Gasteiger partial charge in [0.1, 0.15) is 12.2 Å². The predicted octanol–water partition coefficient (Wildman–Crippen LogP) is 1.19. The Bertz CT molecular complexity index is 310. The molecule has 0 aromatic rings. The molecule has 1 saturated heterocycles. The Morgan fingerprint density at radius 1 is 1.33 bits per heavy atom. The molecule has 0 bridgehead atoms. The fourth-order valence-corrected chi connectivity index (χ4v) is 1.60. The SMILES string of the molecule is COC(=O)CO[C@H]1CCN(C(=O)OC(C)(C)C)C1. The summed E-state index contributed by atoms with van der Waals surface area (Å²) in [7, 11) is 1.31. The average Bonchev–Trinajstić information content (AvgIpc) is 2.72. The van der Waals surface area contributed by atoms with E-state index in [4.69, 9.17) is 9.47 Å². The van der Waals surface area contributed by atoms with Crippen LogP contribution in [0.1, 0.15) is 27.2 Å². The van der Waals surface area contributed by atoms with Crippen LogP contribution < -0.4 is 0 Å². The van der Waals surface area contributed by atoms with Gasteiger partial charge < -0.3 is 19.1 Å². The Morgan fingerprint density at radius 3 is 2.56 bits per heavy atom. The summed E-state index contributed by atoms with van der Waals surface area (Å²) in [5.74, 6) is -0.411. The molecule has 1 fully saturated rings. The monoisotopic (exact) mass is 259 g/mol. The van der Waals surface area contributed by atoms with Gasteiger partial charge in [-0.05, 0) is 27.2 Å². The molecule has 104 valence electrons. The van der Waals surface area contributed by atoms with Crippen LogP contribution in [0.5, 0.6) is 0 Å². The highest BCUT2D eigenvalue weighted by Gasteiger charge is 2.30. The number of methoxy groups -OCH3 is 1. The number of hydrogen-bond acceptors (Lipinski definition) is 5. The average molecular weight is 259 g/mol. The second-order valence-corrected chi connectivity index (χ2v) is 5.22. The lowest BCUT2D eigenvalue weighted by atomic mass is 10.2. The van der Waals surface area contributed by atoms with E-state index in [2.05, 4.69) is 4.74 Å². The van der Waals surface area contributed by atoms with Crippen LogP contribution in [0.15, 0.2) is 0 Å². The van der Waals surface area contributed by atoms with Gasteiger partial charge in [0.2, 0.25) is 0 Å². The fourth-order valence-electron chi connectivity index (χ4n) is 1.60. The van der Waals surface area contributed by atoms with Crippen molar-refractivity contribution in [2.75, 3.05) is 26.8 Å². The van der Waals surface area contributed by atoms with Crippen molar-refractivity contribution in [2.24, 2.45) is 0 Å². The maximum Gasteiger partial charge on any atom is 0.410 e. The van der Waals surface area contributed by atoms with E-state index in [1.807, 2.05) is 20.8 Å². The lowest BCUT2D eigenvalue weighted by molar-refractivity contribution is -0.147. The molecule has 0 N–H and O–H groups in total. The van der Waals surface area contributed by atoms with Crippen molar-refractivity contribution in [1.29, 1.82) is 0 Å². The highest BCUT2D eigenvalue weighted by Crippen LogP contribution is 2.17. The van der Waals surface area contributed by atoms with Crippen molar-refractivity contribution in [3.8, 4) is 0 Å². The van der Waals surface area contributed by atoms with Gasteiger partial charge in [-0.25, -0.2) is 9.59 Å². The number of rotatable bonds is 3. The van der Waals surface area contributed by atoms with Crippen LogP contribution >= 0.6 is 0 Å². The third-order valence-electron chi connectivity index (χ3n) is 2.46. The summed E-state index contributed by atoms with van der Waals surface area (Å²) in [4.78, 5) is 24.3. The van der Waals surface area contributed by atoms with Crippen LogP contribution in [-0.4, -0.2) is 55.5 Å². The van der Waals surface area contributed by atoms with Gasteiger partial charge in [-0.3, -0.25) is 0 Å². The zero-order valence-corrected chi connectivity index (χ0v) is 11.4. The summed E-state index contributed by atoms with van der Waals surface area (Å²) in [6.07, 6.45) is 0.235. The highest BCUT2D eigenvalue weighted by atomic mass is 16.6. The second-order valence-electron chi connectivity index (χ2n) is 5.22. The van der Waals surface area contributed by atoms with E-state index < -0.39 is 11.6 Å². The summed E-state index contributed by atoms with van der Waals surface area (Å²) in [5.41, 5.74) is -0.498. The molecule has 0 aromatic carbocycles. The minimum absolute atomic E-state index is 0.0800. The van der Waals surface area contributed by atoms with Crippen molar-refractivity contribution in [2.45, 2.75) is 38.9 Å². The minimum Gasteiger partial charge on any atom is -0.467 e. The molecule has 1 aliphatic heterocycles. The first-order chi connectivity index (χ1) is 8.31. The van der Waals surface area contributed by atoms with Crippen LogP contribution in [0.3, 0.4) is 0 Å². The molecule has 0 radical (unpaired) electrons. The van der Waals surface area contributed by atoms with Crippen LogP contribution in [0.4, 0.5) is 4.79 Å². The summed E-state index contributed by atoms with van der Waals surface area (Å²) in [6, 6.07) is 0. The molecule has 0 unspecified atom stereocenters. The molecule has 1 heterocycles. The first-order valence-electron chi connectivity index (χ1n) is 5.98. The zero-order chi connectivity index (χ0) is 13.8. The van der Waals surface area contributed by atoms with E-state index in [1.165, 1.54) is 7.11 Å². The maximum atomic E-state index is 11.8. The smallest absolute Gasteiger partial charge is 0.410 e. The number of ether oxygens (including phenoxy) is 3. The van der Waals surface area contributed by atoms with Crippen LogP contribution in [0.25, 0.3) is 0 Å². The first kappa shape index (κ1) is 14.8. The summed E-state index contributed by atoms with van der Waals surface area (Å²) >= 11 is 0. The minimum atomic E-state index is -0.498. The Kier molecular flexibility index (Phi) is 4.95. The zero-order valence-electron chi connectivity index (χ0n) is 11.4. The van der Waals surface area contributed by atoms with Crippen LogP contribution in [0.2, 0.25) is 0 Å². The Morgan fingerprint density at radius 2 is 2.00 bits per heavy atom. The van der Waals surface area contributed by atoms with Gasteiger partial charge in [0.15, 0.2) is 0 Å². The van der Waals surface area contributed by atoms with Gasteiger partial charge in [-0.15, -0.1) is 0 Å². The van der Waals surface area contributed by atoms with E-state index >= 15 is 0 Å². The maximum absolute atomic E-state index is 11.8. The lowest BCUT2D eigenvalue weighted by Gasteiger charge is -2.24. The first-order valence-corrected chi connectivity index (χ1v) is 5.98. The fraction of sp³-hybridized carbons (Fsp3) is 0.833. The van der Waals surface area contributed by atoms with Crippen LogP contribution in [0, 0.1) is 0 Å². The molecule has 1 aliphatic rings. The molecule has 0 spiro atoms. The number of likely N-dealkylation sites (tertiary alicyclic amines) is 1. The molecule has 6 heteroatoms. The lowest BCUT2D eigenvalue weighted by Crippen LogP contribution is -2.36. The van der Waals surface area contributed by atoms with Crippen molar-refractivity contribution in [3.63, 3.8) is 0 Å². The van der Waals surface area contributed by atoms with Crippen LogP contribution in [-0.2, 0) is 19.0 Å². The van der Waals surface area contributed by atoms with E-state index in [0.29, 0.717) is 19.5 Å². The van der Waals surface area contributed by atoms with Gasteiger partial charge in [0.25, 0.3) is 0 Å². The normalized spacial score (nSPS) is 19.8. The third kappa shape index (κ3) is 4.91. The second kappa shape index (κ2) is 6.04. The number of carbonyl (C=O) groups excluding carboxylic acids is 2. The molecule has 6 nitrogen and oxygen atoms in total. The molecule has 0 aromatic heterocycles. The van der Waals surface area contributed by atoms with Crippen molar-refractivity contribution in [1.82, 2.24) is 4.90 Å². The van der Waals surface area contributed by atoms with Gasteiger partial charge in [0.05, 0.1) is 19.8 Å². The van der Waals surface area contributed by atoms with E-state index in [1.54, 1.807) is 4.90 Å². The molecule has 18 heavy (non-hydrogen) atoms. The molecule has 0 aliphatic carbocycles.